The summed E-state index contributed by atoms with van der Waals surface area (Å²) in [7, 11) is 3.23. The number of benzene rings is 1. The zero-order valence-corrected chi connectivity index (χ0v) is 10.3. The van der Waals surface area contributed by atoms with E-state index in [1.54, 1.807) is 13.0 Å². The van der Waals surface area contributed by atoms with E-state index in [1.807, 2.05) is 30.1 Å². The van der Waals surface area contributed by atoms with Crippen LogP contribution in [-0.2, 0) is 16.1 Å². The lowest BCUT2D eigenvalue weighted by Gasteiger charge is -2.22. The van der Waals surface area contributed by atoms with Gasteiger partial charge in [0.2, 0.25) is 0 Å². The molecular weight excluding hydrogens is 216 g/mol. The Hall–Kier alpha value is -1.86. The monoisotopic (exact) mass is 232 g/mol. The smallest absolute Gasteiger partial charge is 0.322 e. The predicted octanol–water partition coefficient (Wildman–Crippen LogP) is 1.55. The molecule has 0 fully saturated rings. The van der Waals surface area contributed by atoms with Crippen molar-refractivity contribution in [1.82, 2.24) is 4.90 Å². The van der Waals surface area contributed by atoms with Crippen molar-refractivity contribution in [2.75, 3.05) is 14.2 Å². The third-order valence-electron chi connectivity index (χ3n) is 2.69. The van der Waals surface area contributed by atoms with E-state index in [0.29, 0.717) is 12.1 Å². The molecule has 0 bridgehead atoms. The highest BCUT2D eigenvalue weighted by Gasteiger charge is 2.18. The molecule has 0 aliphatic carbocycles. The predicted molar refractivity (Wildman–Crippen MR) is 64.1 cm³/mol. The van der Waals surface area contributed by atoms with Gasteiger partial charge in [-0.3, -0.25) is 9.69 Å². The van der Waals surface area contributed by atoms with E-state index in [4.69, 9.17) is 5.26 Å². The van der Waals surface area contributed by atoms with Gasteiger partial charge in [-0.1, -0.05) is 12.1 Å². The van der Waals surface area contributed by atoms with Crippen LogP contribution in [0, 0.1) is 11.3 Å². The van der Waals surface area contributed by atoms with Gasteiger partial charge in [-0.15, -0.1) is 0 Å². The number of hydrogen-bond donors (Lipinski definition) is 0. The molecule has 0 aromatic heterocycles. The van der Waals surface area contributed by atoms with E-state index in [-0.39, 0.29) is 12.0 Å². The van der Waals surface area contributed by atoms with Crippen LogP contribution >= 0.6 is 0 Å². The van der Waals surface area contributed by atoms with Crippen LogP contribution in [0.25, 0.3) is 0 Å². The molecule has 17 heavy (non-hydrogen) atoms. The number of nitriles is 1. The molecule has 1 aromatic rings. The summed E-state index contributed by atoms with van der Waals surface area (Å²) in [5.41, 5.74) is 1.63. The summed E-state index contributed by atoms with van der Waals surface area (Å²) >= 11 is 0. The number of hydrogen-bond acceptors (Lipinski definition) is 4. The lowest BCUT2D eigenvalue weighted by molar-refractivity contribution is -0.145. The Morgan fingerprint density at radius 3 is 2.88 bits per heavy atom. The van der Waals surface area contributed by atoms with Crippen molar-refractivity contribution in [2.24, 2.45) is 0 Å². The largest absolute Gasteiger partial charge is 0.468 e. The van der Waals surface area contributed by atoms with E-state index in [9.17, 15) is 4.79 Å². The van der Waals surface area contributed by atoms with Crippen molar-refractivity contribution in [2.45, 2.75) is 19.5 Å². The minimum atomic E-state index is -0.300. The van der Waals surface area contributed by atoms with Crippen LogP contribution in [0.2, 0.25) is 0 Å². The molecular formula is C13H16N2O2. The van der Waals surface area contributed by atoms with Gasteiger partial charge in [-0.05, 0) is 31.7 Å². The number of carbonyl (C=O) groups excluding carboxylic acids is 1. The molecule has 0 saturated heterocycles. The molecule has 0 spiro atoms. The molecule has 4 nitrogen and oxygen atoms in total. The minimum Gasteiger partial charge on any atom is -0.468 e. The molecule has 0 heterocycles. The second kappa shape index (κ2) is 6.02. The summed E-state index contributed by atoms with van der Waals surface area (Å²) < 4.78 is 4.68. The number of methoxy groups -OCH3 is 1. The van der Waals surface area contributed by atoms with Crippen molar-refractivity contribution in [3.8, 4) is 6.07 Å². The molecule has 0 N–H and O–H groups in total. The molecule has 4 heteroatoms. The molecule has 1 atom stereocenters. The van der Waals surface area contributed by atoms with Crippen LogP contribution < -0.4 is 0 Å². The normalized spacial score (nSPS) is 11.9. The average Bonchev–Trinajstić information content (AvgIpc) is 2.37. The van der Waals surface area contributed by atoms with Gasteiger partial charge in [-0.25, -0.2) is 0 Å². The summed E-state index contributed by atoms with van der Waals surface area (Å²) in [5, 5.41) is 8.79. The summed E-state index contributed by atoms with van der Waals surface area (Å²) in [6.45, 7) is 2.39. The minimum absolute atomic E-state index is 0.260. The third-order valence-corrected chi connectivity index (χ3v) is 2.69. The maximum Gasteiger partial charge on any atom is 0.322 e. The molecule has 1 rings (SSSR count). The van der Waals surface area contributed by atoms with E-state index in [0.717, 1.165) is 5.56 Å². The Kier molecular flexibility index (Phi) is 4.68. The summed E-state index contributed by atoms with van der Waals surface area (Å²) in [6, 6.07) is 9.14. The lowest BCUT2D eigenvalue weighted by Crippen LogP contribution is -2.36. The maximum atomic E-state index is 11.4. The first kappa shape index (κ1) is 13.2. The number of carbonyl (C=O) groups is 1. The fraction of sp³-hybridized carbons (Fsp3) is 0.385. The second-order valence-corrected chi connectivity index (χ2v) is 3.93. The molecule has 0 unspecified atom stereocenters. The van der Waals surface area contributed by atoms with Crippen LogP contribution in [0.3, 0.4) is 0 Å². The SMILES string of the molecule is COC(=O)[C@H](C)N(C)Cc1cccc(C#N)c1. The third kappa shape index (κ3) is 3.58. The second-order valence-electron chi connectivity index (χ2n) is 3.93. The van der Waals surface area contributed by atoms with Crippen LogP contribution in [0.5, 0.6) is 0 Å². The number of esters is 1. The van der Waals surface area contributed by atoms with Crippen molar-refractivity contribution < 1.29 is 9.53 Å². The van der Waals surface area contributed by atoms with Gasteiger partial charge >= 0.3 is 5.97 Å². The maximum absolute atomic E-state index is 11.4. The van der Waals surface area contributed by atoms with Gasteiger partial charge in [0.15, 0.2) is 0 Å². The molecule has 0 amide bonds. The highest BCUT2D eigenvalue weighted by atomic mass is 16.5. The van der Waals surface area contributed by atoms with Crippen molar-refractivity contribution in [1.29, 1.82) is 5.26 Å². The van der Waals surface area contributed by atoms with Gasteiger partial charge in [0.25, 0.3) is 0 Å². The topological polar surface area (TPSA) is 53.3 Å². The summed E-state index contributed by atoms with van der Waals surface area (Å²) in [4.78, 5) is 13.2. The Balaban J connectivity index is 2.71. The molecule has 0 aliphatic heterocycles. The zero-order chi connectivity index (χ0) is 12.8. The van der Waals surface area contributed by atoms with Crippen molar-refractivity contribution in [3.05, 3.63) is 35.4 Å². The summed E-state index contributed by atoms with van der Waals surface area (Å²) in [6.07, 6.45) is 0. The number of rotatable bonds is 4. The molecule has 0 radical (unpaired) electrons. The fourth-order valence-electron chi connectivity index (χ4n) is 1.51. The van der Waals surface area contributed by atoms with Gasteiger partial charge in [0, 0.05) is 6.54 Å². The standard InChI is InChI=1S/C13H16N2O2/c1-10(13(16)17-3)15(2)9-12-6-4-5-11(7-12)8-14/h4-7,10H,9H2,1-3H3/t10-/m0/s1. The van der Waals surface area contributed by atoms with Gasteiger partial charge in [0.05, 0.1) is 18.7 Å². The fourth-order valence-corrected chi connectivity index (χ4v) is 1.51. The molecule has 90 valence electrons. The van der Waals surface area contributed by atoms with Crippen LogP contribution in [-0.4, -0.2) is 31.1 Å². The van der Waals surface area contributed by atoms with Gasteiger partial charge < -0.3 is 4.74 Å². The first-order valence-electron chi connectivity index (χ1n) is 5.35. The first-order chi connectivity index (χ1) is 8.08. The van der Waals surface area contributed by atoms with E-state index in [2.05, 4.69) is 10.8 Å². The van der Waals surface area contributed by atoms with E-state index < -0.39 is 0 Å². The Bertz CT molecular complexity index is 437. The van der Waals surface area contributed by atoms with Gasteiger partial charge in [-0.2, -0.15) is 5.26 Å². The van der Waals surface area contributed by atoms with Crippen LogP contribution in [0.15, 0.2) is 24.3 Å². The van der Waals surface area contributed by atoms with Crippen LogP contribution in [0.4, 0.5) is 0 Å². The highest BCUT2D eigenvalue weighted by Crippen LogP contribution is 2.09. The van der Waals surface area contributed by atoms with Gasteiger partial charge in [0.1, 0.15) is 6.04 Å². The Labute approximate surface area is 101 Å². The quantitative estimate of drug-likeness (QED) is 0.739. The Morgan fingerprint density at radius 1 is 1.59 bits per heavy atom. The molecule has 0 aliphatic rings. The molecule has 0 saturated carbocycles. The summed E-state index contributed by atoms with van der Waals surface area (Å²) in [5.74, 6) is -0.260. The zero-order valence-electron chi connectivity index (χ0n) is 10.3. The van der Waals surface area contributed by atoms with Crippen LogP contribution in [0.1, 0.15) is 18.1 Å². The van der Waals surface area contributed by atoms with E-state index >= 15 is 0 Å². The number of ether oxygens (including phenoxy) is 1. The number of nitrogens with zero attached hydrogens (tertiary/aromatic N) is 2. The average molecular weight is 232 g/mol. The number of likely N-dealkylation sites (N-methyl/N-ethyl adjacent to an activating group) is 1. The highest BCUT2D eigenvalue weighted by molar-refractivity contribution is 5.75. The van der Waals surface area contributed by atoms with E-state index in [1.165, 1.54) is 7.11 Å². The Morgan fingerprint density at radius 2 is 2.29 bits per heavy atom. The molecule has 1 aromatic carbocycles. The first-order valence-corrected chi connectivity index (χ1v) is 5.35. The van der Waals surface area contributed by atoms with Crippen molar-refractivity contribution in [3.63, 3.8) is 0 Å². The van der Waals surface area contributed by atoms with Crippen molar-refractivity contribution >= 4 is 5.97 Å². The lowest BCUT2D eigenvalue weighted by atomic mass is 10.1.